The molecule has 1 aromatic rings. The maximum Gasteiger partial charge on any atom is 0.261 e. The van der Waals surface area contributed by atoms with Crippen molar-refractivity contribution in [2.75, 3.05) is 27.4 Å². The number of methoxy groups -OCH3 is 2. The first-order valence-electron chi connectivity index (χ1n) is 5.84. The van der Waals surface area contributed by atoms with Gasteiger partial charge in [0.25, 0.3) is 6.43 Å². The van der Waals surface area contributed by atoms with Gasteiger partial charge in [-0.3, -0.25) is 0 Å². The predicted octanol–water partition coefficient (Wildman–Crippen LogP) is 2.41. The summed E-state index contributed by atoms with van der Waals surface area (Å²) in [4.78, 5) is 0. The summed E-state index contributed by atoms with van der Waals surface area (Å²) in [7, 11) is 3.01. The zero-order valence-electron chi connectivity index (χ0n) is 10.9. The Labute approximate surface area is 110 Å². The van der Waals surface area contributed by atoms with Crippen molar-refractivity contribution in [3.63, 3.8) is 0 Å². The van der Waals surface area contributed by atoms with Crippen molar-refractivity contribution in [3.05, 3.63) is 23.8 Å². The van der Waals surface area contributed by atoms with Gasteiger partial charge in [0.05, 0.1) is 20.3 Å². The molecule has 1 rings (SSSR count). The summed E-state index contributed by atoms with van der Waals surface area (Å²) in [5, 5.41) is 10.0. The van der Waals surface area contributed by atoms with Crippen LogP contribution in [0.2, 0.25) is 0 Å². The molecular weight excluding hydrogens is 258 g/mol. The van der Waals surface area contributed by atoms with E-state index in [1.165, 1.54) is 14.2 Å². The molecule has 0 saturated heterocycles. The molecule has 0 bridgehead atoms. The van der Waals surface area contributed by atoms with Crippen LogP contribution in [0.3, 0.4) is 0 Å². The normalized spacial score (nSPS) is 12.5. The van der Waals surface area contributed by atoms with E-state index < -0.39 is 19.1 Å². The van der Waals surface area contributed by atoms with E-state index in [1.54, 1.807) is 18.2 Å². The smallest absolute Gasteiger partial charge is 0.261 e. The maximum atomic E-state index is 11.9. The summed E-state index contributed by atoms with van der Waals surface area (Å²) >= 11 is 0. The van der Waals surface area contributed by atoms with E-state index in [0.717, 1.165) is 0 Å². The van der Waals surface area contributed by atoms with Gasteiger partial charge in [-0.25, -0.2) is 8.78 Å². The molecule has 1 N–H and O–H groups in total. The summed E-state index contributed by atoms with van der Waals surface area (Å²) in [5.41, 5.74) is 0.544. The quantitative estimate of drug-likeness (QED) is 0.741. The molecule has 0 spiro atoms. The fourth-order valence-electron chi connectivity index (χ4n) is 1.62. The first-order valence-corrected chi connectivity index (χ1v) is 5.84. The van der Waals surface area contributed by atoms with E-state index in [-0.39, 0.29) is 13.0 Å². The van der Waals surface area contributed by atoms with Gasteiger partial charge in [-0.05, 0) is 18.2 Å². The number of rotatable bonds is 8. The molecule has 0 aliphatic heterocycles. The lowest BCUT2D eigenvalue weighted by molar-refractivity contribution is 0.00459. The molecule has 0 heterocycles. The largest absolute Gasteiger partial charge is 0.497 e. The maximum absolute atomic E-state index is 11.9. The molecule has 0 aromatic heterocycles. The fraction of sp³-hybridized carbons (Fsp3) is 0.538. The van der Waals surface area contributed by atoms with Gasteiger partial charge in [0, 0.05) is 18.6 Å². The van der Waals surface area contributed by atoms with E-state index >= 15 is 0 Å². The Morgan fingerprint density at radius 2 is 1.95 bits per heavy atom. The molecule has 0 aliphatic rings. The van der Waals surface area contributed by atoms with Gasteiger partial charge in [-0.15, -0.1) is 0 Å². The first kappa shape index (κ1) is 15.7. The van der Waals surface area contributed by atoms with E-state index in [2.05, 4.69) is 0 Å². The van der Waals surface area contributed by atoms with Gasteiger partial charge in [0.2, 0.25) is 0 Å². The van der Waals surface area contributed by atoms with Crippen molar-refractivity contribution in [2.45, 2.75) is 19.0 Å². The molecule has 0 amide bonds. The highest BCUT2D eigenvalue weighted by Gasteiger charge is 2.15. The number of benzene rings is 1. The average molecular weight is 276 g/mol. The molecule has 4 nitrogen and oxygen atoms in total. The Morgan fingerprint density at radius 3 is 2.53 bits per heavy atom. The predicted molar refractivity (Wildman–Crippen MR) is 65.9 cm³/mol. The van der Waals surface area contributed by atoms with Gasteiger partial charge in [-0.2, -0.15) is 0 Å². The molecule has 0 aliphatic carbocycles. The number of halogens is 2. The summed E-state index contributed by atoms with van der Waals surface area (Å²) in [5.74, 6) is 1.10. The minimum atomic E-state index is -2.50. The lowest BCUT2D eigenvalue weighted by atomic mass is 10.1. The molecule has 1 aromatic carbocycles. The second-order valence-corrected chi connectivity index (χ2v) is 3.88. The van der Waals surface area contributed by atoms with Gasteiger partial charge in [0.15, 0.2) is 0 Å². The first-order chi connectivity index (χ1) is 9.08. The Hall–Kier alpha value is -1.40. The van der Waals surface area contributed by atoms with Crippen LogP contribution in [0, 0.1) is 0 Å². The van der Waals surface area contributed by atoms with Gasteiger partial charge in [0.1, 0.15) is 18.1 Å². The second-order valence-electron chi connectivity index (χ2n) is 3.88. The van der Waals surface area contributed by atoms with Crippen molar-refractivity contribution in [2.24, 2.45) is 0 Å². The van der Waals surface area contributed by atoms with E-state index in [1.807, 2.05) is 0 Å². The highest BCUT2D eigenvalue weighted by atomic mass is 19.3. The van der Waals surface area contributed by atoms with Gasteiger partial charge >= 0.3 is 0 Å². The average Bonchev–Trinajstić information content (AvgIpc) is 2.42. The van der Waals surface area contributed by atoms with Crippen LogP contribution in [0.25, 0.3) is 0 Å². The topological polar surface area (TPSA) is 47.9 Å². The zero-order valence-corrected chi connectivity index (χ0v) is 10.9. The van der Waals surface area contributed by atoms with Gasteiger partial charge < -0.3 is 19.3 Å². The lowest BCUT2D eigenvalue weighted by Crippen LogP contribution is -2.09. The monoisotopic (exact) mass is 276 g/mol. The second kappa shape index (κ2) is 7.91. The molecule has 0 saturated carbocycles. The van der Waals surface area contributed by atoms with Crippen molar-refractivity contribution in [1.82, 2.24) is 0 Å². The van der Waals surface area contributed by atoms with Crippen LogP contribution in [0.5, 0.6) is 11.5 Å². The summed E-state index contributed by atoms with van der Waals surface area (Å²) in [6, 6.07) is 5.04. The molecule has 1 unspecified atom stereocenters. The number of hydrogen-bond acceptors (Lipinski definition) is 4. The molecule has 6 heteroatoms. The van der Waals surface area contributed by atoms with Crippen LogP contribution in [0.15, 0.2) is 18.2 Å². The molecular formula is C13H18F2O4. The highest BCUT2D eigenvalue weighted by Crippen LogP contribution is 2.30. The standard InChI is InChI=1S/C13H18F2O4/c1-17-9-3-4-12(18-2)10(7-9)11(16)5-6-19-8-13(14)15/h3-4,7,11,13,16H,5-6,8H2,1-2H3. The molecule has 0 fully saturated rings. The van der Waals surface area contributed by atoms with Crippen LogP contribution in [0.4, 0.5) is 8.78 Å². The van der Waals surface area contributed by atoms with Crippen molar-refractivity contribution in [1.29, 1.82) is 0 Å². The molecule has 19 heavy (non-hydrogen) atoms. The summed E-state index contributed by atoms with van der Waals surface area (Å²) in [6.45, 7) is -0.576. The van der Waals surface area contributed by atoms with Crippen LogP contribution in [0.1, 0.15) is 18.1 Å². The Morgan fingerprint density at radius 1 is 1.21 bits per heavy atom. The van der Waals surface area contributed by atoms with E-state index in [4.69, 9.17) is 14.2 Å². The number of ether oxygens (including phenoxy) is 3. The third-order valence-corrected chi connectivity index (χ3v) is 2.58. The summed E-state index contributed by atoms with van der Waals surface area (Å²) < 4.78 is 38.7. The molecule has 0 radical (unpaired) electrons. The Kier molecular flexibility index (Phi) is 6.52. The summed E-state index contributed by atoms with van der Waals surface area (Å²) in [6.07, 6.45) is -3.15. The Bertz CT molecular complexity index is 385. The third-order valence-electron chi connectivity index (χ3n) is 2.58. The fourth-order valence-corrected chi connectivity index (χ4v) is 1.62. The Balaban J connectivity index is 2.61. The van der Waals surface area contributed by atoms with Crippen molar-refractivity contribution >= 4 is 0 Å². The minimum Gasteiger partial charge on any atom is -0.497 e. The molecule has 108 valence electrons. The van der Waals surface area contributed by atoms with E-state index in [9.17, 15) is 13.9 Å². The number of alkyl halides is 2. The van der Waals surface area contributed by atoms with Crippen LogP contribution in [-0.4, -0.2) is 39.0 Å². The lowest BCUT2D eigenvalue weighted by Gasteiger charge is -2.16. The van der Waals surface area contributed by atoms with Gasteiger partial charge in [-0.1, -0.05) is 0 Å². The number of hydrogen-bond donors (Lipinski definition) is 1. The van der Waals surface area contributed by atoms with E-state index in [0.29, 0.717) is 17.1 Å². The van der Waals surface area contributed by atoms with Crippen molar-refractivity contribution in [3.8, 4) is 11.5 Å². The van der Waals surface area contributed by atoms with Crippen molar-refractivity contribution < 1.29 is 28.1 Å². The third kappa shape index (κ3) is 5.00. The van der Waals surface area contributed by atoms with Crippen LogP contribution in [-0.2, 0) is 4.74 Å². The zero-order chi connectivity index (χ0) is 14.3. The van der Waals surface area contributed by atoms with Crippen LogP contribution >= 0.6 is 0 Å². The number of aliphatic hydroxyl groups is 1. The SMILES string of the molecule is COc1ccc(OC)c(C(O)CCOCC(F)F)c1. The number of aliphatic hydroxyl groups excluding tert-OH is 1. The highest BCUT2D eigenvalue weighted by molar-refractivity contribution is 5.41. The minimum absolute atomic E-state index is 0.0475. The van der Waals surface area contributed by atoms with Crippen LogP contribution < -0.4 is 9.47 Å². The molecule has 1 atom stereocenters.